The quantitative estimate of drug-likeness (QED) is 0.0345. The van der Waals surface area contributed by atoms with Gasteiger partial charge >= 0.3 is 0 Å². The minimum atomic E-state index is -0.143. The number of methoxy groups -OCH3 is 2. The third-order valence-electron chi connectivity index (χ3n) is 29.0. The van der Waals surface area contributed by atoms with Crippen molar-refractivity contribution in [3.63, 3.8) is 0 Å². The van der Waals surface area contributed by atoms with Gasteiger partial charge in [0, 0.05) is 43.5 Å². The zero-order chi connectivity index (χ0) is 88.6. The van der Waals surface area contributed by atoms with Gasteiger partial charge in [-0.15, -0.1) is 0 Å². The van der Waals surface area contributed by atoms with E-state index in [4.69, 9.17) is 58.3 Å². The first kappa shape index (κ1) is 98.2. The first-order valence-electron chi connectivity index (χ1n) is 48.4. The maximum absolute atomic E-state index is 8.85. The van der Waals surface area contributed by atoms with Gasteiger partial charge in [-0.2, -0.15) is 0 Å². The average Bonchev–Trinajstić information content (AvgIpc) is 1.13. The molecule has 0 aliphatic heterocycles. The maximum Gasteiger partial charge on any atom is 0.205 e. The molecule has 11 aliphatic rings. The van der Waals surface area contributed by atoms with E-state index >= 15 is 0 Å². The highest BCUT2D eigenvalue weighted by molar-refractivity contribution is 5.33. The van der Waals surface area contributed by atoms with Crippen LogP contribution in [-0.2, 0) is 70.3 Å². The third kappa shape index (κ3) is 29.0. The molecule has 4 N–H and O–H groups in total. The zero-order valence-corrected chi connectivity index (χ0v) is 78.6. The highest BCUT2D eigenvalue weighted by Crippen LogP contribution is 2.64. The summed E-state index contributed by atoms with van der Waals surface area (Å²) in [5, 5.41) is 35.4. The second kappa shape index (κ2) is 49.4. The molecule has 0 radical (unpaired) electrons. The molecule has 11 aliphatic carbocycles. The van der Waals surface area contributed by atoms with Gasteiger partial charge in [0.15, 0.2) is 0 Å². The monoisotopic (exact) mass is 1700 g/mol. The lowest BCUT2D eigenvalue weighted by Crippen LogP contribution is -2.54. The Labute approximate surface area is 748 Å². The first-order chi connectivity index (χ1) is 60.0. The SMILES string of the molecule is CCOC(Oc1ccc(CC)cc1)C12CC3CC(CC(C3)C1)C2.CCc1ccc(O)cc1.CCc1ccc(O)cc1.CCc1ccc(O)cc1.CCc1ccc(O)cc1.CCc1ccc(OC(OC)C23CC4CC(CC(C4)C2)C3)cc1.CCc1ccc(OC(OC)C2CC3CCC2C3(C)C)cc1.CCc1ccc(OC(OCCC2CCCCC2)C(C)C)cc1. The van der Waals surface area contributed by atoms with Crippen LogP contribution in [0.3, 0.4) is 0 Å². The van der Waals surface area contributed by atoms with E-state index in [1.807, 2.05) is 55.6 Å². The fraction of sp³-hybridized carbons (Fsp3) is 0.571. The summed E-state index contributed by atoms with van der Waals surface area (Å²) in [6.07, 6.45) is 36.8. The van der Waals surface area contributed by atoms with Gasteiger partial charge in [0.1, 0.15) is 46.0 Å². The van der Waals surface area contributed by atoms with Crippen LogP contribution in [-0.4, -0.2) is 73.0 Å². The average molecular weight is 1700 g/mol. The topological polar surface area (TPSA) is 155 Å². The summed E-state index contributed by atoms with van der Waals surface area (Å²) in [5.74, 6) is 14.0. The number of aryl methyl sites for hydroxylation is 8. The molecular formula is C112H158O12. The standard InChI is InChI=1S/C21H30O2.C20H28O2.C20H32O2.C19H28O2.4C8H10O/c1-3-15-5-7-19(8-6-15)23-20(22-4-2)21-12-16-9-17(13-21)11-18(10-16)14-21;1-3-14-4-6-18(7-5-14)22-19(21-2)20-11-15-8-16(12-20)10-17(9-15)13-20;1-4-17-10-12-19(13-11-17)22-20(16(2)3)21-15-14-18-8-6-5-7-9-18;1-5-13-6-9-15(10-7-13)21-18(20-4)16-12-14-8-11-17(16)19(14,2)3;4*1-2-7-3-5-8(9)6-4-7/h5-8,16-18,20H,3-4,9-14H2,1-2H3;4-7,15-17,19H,3,8-13H2,1-2H3;10-13,16,18,20H,4-9,14-15H2,1-3H3;6-7,9-10,14,16-18H,5,8,11-12H2,1-4H3;4*3-6,9H,2H2,1H3. The largest absolute Gasteiger partial charge is 0.508 e. The molecule has 124 heavy (non-hydrogen) atoms. The molecule has 0 amide bonds. The first-order valence-corrected chi connectivity index (χ1v) is 48.4. The predicted molar refractivity (Wildman–Crippen MR) is 508 cm³/mol. The fourth-order valence-electron chi connectivity index (χ4n) is 22.4. The van der Waals surface area contributed by atoms with Gasteiger partial charge in [-0.1, -0.05) is 212 Å². The van der Waals surface area contributed by atoms with Crippen molar-refractivity contribution in [1.82, 2.24) is 0 Å². The van der Waals surface area contributed by atoms with E-state index in [9.17, 15) is 0 Å². The van der Waals surface area contributed by atoms with Crippen LogP contribution in [0.1, 0.15) is 269 Å². The van der Waals surface area contributed by atoms with Crippen molar-refractivity contribution in [3.8, 4) is 46.0 Å². The van der Waals surface area contributed by atoms with E-state index < -0.39 is 0 Å². The number of hydrogen-bond donors (Lipinski definition) is 4. The zero-order valence-electron chi connectivity index (χ0n) is 78.6. The Kier molecular flexibility index (Phi) is 39.1. The Balaban J connectivity index is 0.000000153. The Morgan fingerprint density at radius 1 is 0.331 bits per heavy atom. The van der Waals surface area contributed by atoms with Crippen LogP contribution in [0.15, 0.2) is 194 Å². The van der Waals surface area contributed by atoms with Crippen LogP contribution in [0, 0.1) is 81.3 Å². The lowest BCUT2D eigenvalue weighted by molar-refractivity contribution is -0.213. The predicted octanol–water partition coefficient (Wildman–Crippen LogP) is 28.1. The molecule has 0 aromatic heterocycles. The third-order valence-corrected chi connectivity index (χ3v) is 29.0. The summed E-state index contributed by atoms with van der Waals surface area (Å²) in [6, 6.07) is 63.0. The summed E-state index contributed by atoms with van der Waals surface area (Å²) in [4.78, 5) is 0. The lowest BCUT2D eigenvalue weighted by atomic mass is 9.49. The molecular weight excluding hydrogens is 1540 g/mol. The van der Waals surface area contributed by atoms with Crippen LogP contribution in [0.25, 0.3) is 0 Å². The van der Waals surface area contributed by atoms with Crippen LogP contribution < -0.4 is 18.9 Å². The summed E-state index contributed by atoms with van der Waals surface area (Å²) < 4.78 is 48.8. The molecule has 7 atom stereocenters. The smallest absolute Gasteiger partial charge is 0.205 e. The highest BCUT2D eigenvalue weighted by Gasteiger charge is 2.58. The molecule has 0 spiro atoms. The van der Waals surface area contributed by atoms with Crippen LogP contribution in [0.4, 0.5) is 0 Å². The Morgan fingerprint density at radius 3 is 0.903 bits per heavy atom. The van der Waals surface area contributed by atoms with Gasteiger partial charge in [0.05, 0.1) is 6.61 Å². The van der Waals surface area contributed by atoms with Crippen molar-refractivity contribution in [3.05, 3.63) is 239 Å². The summed E-state index contributed by atoms with van der Waals surface area (Å²) in [5.41, 5.74) is 11.4. The van der Waals surface area contributed by atoms with Gasteiger partial charge in [0.2, 0.25) is 25.2 Å². The fourth-order valence-corrected chi connectivity index (χ4v) is 22.4. The second-order valence-electron chi connectivity index (χ2n) is 38.4. The van der Waals surface area contributed by atoms with Gasteiger partial charge < -0.3 is 58.3 Å². The van der Waals surface area contributed by atoms with Gasteiger partial charge in [0.25, 0.3) is 0 Å². The second-order valence-corrected chi connectivity index (χ2v) is 38.4. The molecule has 0 heterocycles. The van der Waals surface area contributed by atoms with Gasteiger partial charge in [-0.25, -0.2) is 0 Å². The van der Waals surface area contributed by atoms with E-state index in [0.29, 0.717) is 40.2 Å². The minimum Gasteiger partial charge on any atom is -0.508 e. The number of benzene rings is 8. The number of phenolic OH excluding ortho intramolecular Hbond substituents is 4. The molecule has 12 heteroatoms. The van der Waals surface area contributed by atoms with Crippen molar-refractivity contribution in [2.45, 2.75) is 301 Å². The number of fused-ring (bicyclic) bond motifs is 2. The van der Waals surface area contributed by atoms with E-state index in [-0.39, 0.29) is 36.0 Å². The van der Waals surface area contributed by atoms with Gasteiger partial charge in [-0.3, -0.25) is 0 Å². The molecule has 11 fully saturated rings. The van der Waals surface area contributed by atoms with Crippen molar-refractivity contribution in [2.75, 3.05) is 27.4 Å². The van der Waals surface area contributed by atoms with Crippen molar-refractivity contribution >= 4 is 0 Å². The number of phenols is 4. The van der Waals surface area contributed by atoms with Crippen LogP contribution in [0.5, 0.6) is 46.0 Å². The summed E-state index contributed by atoms with van der Waals surface area (Å²) in [6.45, 7) is 29.9. The number of hydrogen-bond acceptors (Lipinski definition) is 12. The molecule has 12 nitrogen and oxygen atoms in total. The van der Waals surface area contributed by atoms with Crippen molar-refractivity contribution in [1.29, 1.82) is 0 Å². The van der Waals surface area contributed by atoms with Gasteiger partial charge in [-0.05, 0) is 361 Å². The molecule has 0 saturated heterocycles. The minimum absolute atomic E-state index is 0.0617. The summed E-state index contributed by atoms with van der Waals surface area (Å²) >= 11 is 0. The molecule has 8 aromatic carbocycles. The molecule has 678 valence electrons. The summed E-state index contributed by atoms with van der Waals surface area (Å²) in [7, 11) is 3.60. The Morgan fingerprint density at radius 2 is 0.629 bits per heavy atom. The molecule has 11 saturated carbocycles. The van der Waals surface area contributed by atoms with Crippen LogP contribution in [0.2, 0.25) is 0 Å². The normalized spacial score (nSPS) is 24.5. The van der Waals surface area contributed by atoms with Crippen LogP contribution >= 0.6 is 0 Å². The molecule has 19 rings (SSSR count). The molecule has 10 bridgehead atoms. The Bertz CT molecular complexity index is 3990. The highest BCUT2D eigenvalue weighted by atomic mass is 16.7. The maximum atomic E-state index is 8.85. The molecule has 7 unspecified atom stereocenters. The van der Waals surface area contributed by atoms with E-state index in [1.165, 1.54) is 179 Å². The van der Waals surface area contributed by atoms with Crippen molar-refractivity contribution in [2.24, 2.45) is 81.3 Å². The van der Waals surface area contributed by atoms with E-state index in [2.05, 4.69) is 187 Å². The lowest BCUT2D eigenvalue weighted by Gasteiger charge is -2.58. The number of aromatic hydroxyl groups is 4. The Hall–Kier alpha value is -8.00. The molecule has 8 aromatic rings. The number of rotatable bonds is 28. The van der Waals surface area contributed by atoms with E-state index in [0.717, 1.165) is 141 Å². The number of ether oxygens (including phenoxy) is 8. The van der Waals surface area contributed by atoms with Crippen molar-refractivity contribution < 1.29 is 58.3 Å². The van der Waals surface area contributed by atoms with E-state index in [1.54, 1.807) is 55.6 Å².